The maximum absolute atomic E-state index is 13.8. The van der Waals surface area contributed by atoms with E-state index in [1.165, 1.54) is 5.56 Å². The molecule has 1 unspecified atom stereocenters. The van der Waals surface area contributed by atoms with Gasteiger partial charge in [-0.1, -0.05) is 55.3 Å². The van der Waals surface area contributed by atoms with Crippen molar-refractivity contribution < 1.29 is 9.59 Å². The van der Waals surface area contributed by atoms with Gasteiger partial charge in [0.25, 0.3) is 5.91 Å². The first-order valence-electron chi connectivity index (χ1n) is 9.95. The molecule has 0 bridgehead atoms. The van der Waals surface area contributed by atoms with Crippen LogP contribution in [-0.4, -0.2) is 29.0 Å². The van der Waals surface area contributed by atoms with Crippen molar-refractivity contribution in [2.75, 3.05) is 17.2 Å². The van der Waals surface area contributed by atoms with E-state index in [1.807, 2.05) is 56.0 Å². The molecule has 1 spiro atoms. The molecule has 152 valence electrons. The molecule has 0 radical (unpaired) electrons. The molecule has 1 fully saturated rings. The average Bonchev–Trinajstić information content (AvgIpc) is 3.20. The number of thioether (sulfide) groups is 1. The van der Waals surface area contributed by atoms with Gasteiger partial charge < -0.3 is 9.80 Å². The van der Waals surface area contributed by atoms with Crippen molar-refractivity contribution in [3.8, 4) is 0 Å². The van der Waals surface area contributed by atoms with Gasteiger partial charge in [-0.3, -0.25) is 9.59 Å². The van der Waals surface area contributed by atoms with Crippen LogP contribution in [0.5, 0.6) is 0 Å². The van der Waals surface area contributed by atoms with Crippen LogP contribution < -0.4 is 4.90 Å². The second-order valence-corrected chi connectivity index (χ2v) is 9.90. The van der Waals surface area contributed by atoms with Crippen LogP contribution in [0.3, 0.4) is 0 Å². The minimum absolute atomic E-state index is 0.0291. The van der Waals surface area contributed by atoms with E-state index < -0.39 is 4.87 Å². The molecule has 1 saturated heterocycles. The molecule has 4 nitrogen and oxygen atoms in total. The number of fused-ring (bicyclic) bond motifs is 2. The lowest BCUT2D eigenvalue weighted by Crippen LogP contribution is -2.50. The summed E-state index contributed by atoms with van der Waals surface area (Å²) in [7, 11) is 0. The standard InChI is InChI=1S/C23H25ClN2O2S/c1-15(2)12-21(27)26-10-11-29-23(26)19-13-18(24)8-9-20(19)25(22(23)28)14-17-6-4-16(3)5-7-17/h4-9,13,15H,10-12,14H2,1-3H3. The number of hydrogen-bond acceptors (Lipinski definition) is 3. The Morgan fingerprint density at radius 3 is 2.62 bits per heavy atom. The summed E-state index contributed by atoms with van der Waals surface area (Å²) >= 11 is 7.87. The van der Waals surface area contributed by atoms with Crippen molar-refractivity contribution in [2.24, 2.45) is 5.92 Å². The second-order valence-electron chi connectivity index (χ2n) is 8.17. The highest BCUT2D eigenvalue weighted by molar-refractivity contribution is 8.01. The monoisotopic (exact) mass is 428 g/mol. The van der Waals surface area contributed by atoms with Crippen LogP contribution in [-0.2, 0) is 21.0 Å². The van der Waals surface area contributed by atoms with E-state index in [2.05, 4.69) is 12.1 Å². The molecule has 6 heteroatoms. The fourth-order valence-corrected chi connectivity index (χ4v) is 5.78. The lowest BCUT2D eigenvalue weighted by Gasteiger charge is -2.33. The van der Waals surface area contributed by atoms with E-state index in [1.54, 1.807) is 16.7 Å². The van der Waals surface area contributed by atoms with Crippen molar-refractivity contribution in [3.05, 3.63) is 64.2 Å². The van der Waals surface area contributed by atoms with Gasteiger partial charge >= 0.3 is 0 Å². The third kappa shape index (κ3) is 3.44. The van der Waals surface area contributed by atoms with Crippen molar-refractivity contribution in [1.82, 2.24) is 4.90 Å². The molecule has 0 saturated carbocycles. The zero-order chi connectivity index (χ0) is 20.8. The molecule has 0 aliphatic carbocycles. The molecule has 0 N–H and O–H groups in total. The maximum atomic E-state index is 13.8. The van der Waals surface area contributed by atoms with Crippen LogP contribution in [0.1, 0.15) is 37.0 Å². The first kappa shape index (κ1) is 20.3. The molecule has 1 atom stereocenters. The highest BCUT2D eigenvalue weighted by atomic mass is 35.5. The van der Waals surface area contributed by atoms with Gasteiger partial charge in [-0.25, -0.2) is 0 Å². The smallest absolute Gasteiger partial charge is 0.268 e. The minimum Gasteiger partial charge on any atom is -0.315 e. The van der Waals surface area contributed by atoms with Gasteiger partial charge in [-0.2, -0.15) is 0 Å². The Morgan fingerprint density at radius 1 is 1.21 bits per heavy atom. The fourth-order valence-electron chi connectivity index (χ4n) is 4.14. The van der Waals surface area contributed by atoms with Gasteiger partial charge in [-0.05, 0) is 36.6 Å². The molecule has 2 aromatic carbocycles. The van der Waals surface area contributed by atoms with E-state index in [9.17, 15) is 9.59 Å². The minimum atomic E-state index is -1.00. The Kier molecular flexibility index (Phi) is 5.38. The quantitative estimate of drug-likeness (QED) is 0.690. The van der Waals surface area contributed by atoms with Crippen molar-refractivity contribution >= 4 is 40.9 Å². The predicted octanol–water partition coefficient (Wildman–Crippen LogP) is 4.97. The molecular formula is C23H25ClN2O2S. The van der Waals surface area contributed by atoms with E-state index in [4.69, 9.17) is 11.6 Å². The Morgan fingerprint density at radius 2 is 1.93 bits per heavy atom. The molecule has 0 aromatic heterocycles. The molecular weight excluding hydrogens is 404 g/mol. The SMILES string of the molecule is Cc1ccc(CN2C(=O)C3(SCCN3C(=O)CC(C)C)c3cc(Cl)ccc32)cc1. The highest BCUT2D eigenvalue weighted by Crippen LogP contribution is 2.55. The van der Waals surface area contributed by atoms with Crippen LogP contribution >= 0.6 is 23.4 Å². The van der Waals surface area contributed by atoms with Crippen LogP contribution in [0.25, 0.3) is 0 Å². The largest absolute Gasteiger partial charge is 0.315 e. The molecule has 29 heavy (non-hydrogen) atoms. The molecule has 2 aliphatic rings. The lowest BCUT2D eigenvalue weighted by molar-refractivity contribution is -0.140. The van der Waals surface area contributed by atoms with Gasteiger partial charge in [0.15, 0.2) is 4.87 Å². The predicted molar refractivity (Wildman–Crippen MR) is 119 cm³/mol. The second kappa shape index (κ2) is 7.69. The fraction of sp³-hybridized carbons (Fsp3) is 0.391. The summed E-state index contributed by atoms with van der Waals surface area (Å²) in [4.78, 5) is 29.5. The van der Waals surface area contributed by atoms with Gasteiger partial charge in [0, 0.05) is 29.3 Å². The molecule has 2 heterocycles. The van der Waals surface area contributed by atoms with E-state index in [-0.39, 0.29) is 17.7 Å². The normalized spacial score (nSPS) is 20.8. The van der Waals surface area contributed by atoms with Crippen LogP contribution in [0.15, 0.2) is 42.5 Å². The summed E-state index contributed by atoms with van der Waals surface area (Å²) in [5.41, 5.74) is 3.92. The Bertz CT molecular complexity index is 960. The molecule has 2 aromatic rings. The van der Waals surface area contributed by atoms with Crippen molar-refractivity contribution in [3.63, 3.8) is 0 Å². The molecule has 4 rings (SSSR count). The number of amides is 2. The first-order valence-corrected chi connectivity index (χ1v) is 11.3. The zero-order valence-electron chi connectivity index (χ0n) is 16.9. The maximum Gasteiger partial charge on any atom is 0.268 e. The highest BCUT2D eigenvalue weighted by Gasteiger charge is 2.59. The van der Waals surface area contributed by atoms with Crippen molar-refractivity contribution in [1.29, 1.82) is 0 Å². The average molecular weight is 429 g/mol. The number of rotatable bonds is 4. The van der Waals surface area contributed by atoms with Crippen LogP contribution in [0.4, 0.5) is 5.69 Å². The van der Waals surface area contributed by atoms with Crippen LogP contribution in [0, 0.1) is 12.8 Å². The topological polar surface area (TPSA) is 40.6 Å². The molecule has 2 amide bonds. The van der Waals surface area contributed by atoms with E-state index in [0.29, 0.717) is 24.5 Å². The summed E-state index contributed by atoms with van der Waals surface area (Å²) < 4.78 is 0. The summed E-state index contributed by atoms with van der Waals surface area (Å²) in [6.07, 6.45) is 0.434. The molecule has 2 aliphatic heterocycles. The van der Waals surface area contributed by atoms with Gasteiger partial charge in [0.1, 0.15) is 0 Å². The zero-order valence-corrected chi connectivity index (χ0v) is 18.5. The van der Waals surface area contributed by atoms with E-state index >= 15 is 0 Å². The van der Waals surface area contributed by atoms with Gasteiger partial charge in [0.05, 0.1) is 12.2 Å². The summed E-state index contributed by atoms with van der Waals surface area (Å²) in [6.45, 7) is 7.15. The number of aryl methyl sites for hydroxylation is 1. The van der Waals surface area contributed by atoms with E-state index in [0.717, 1.165) is 22.6 Å². The number of carbonyl (C=O) groups is 2. The Balaban J connectivity index is 1.77. The number of benzene rings is 2. The number of nitrogens with zero attached hydrogens (tertiary/aromatic N) is 2. The van der Waals surface area contributed by atoms with Crippen molar-refractivity contribution in [2.45, 2.75) is 38.6 Å². The Labute approximate surface area is 181 Å². The summed E-state index contributed by atoms with van der Waals surface area (Å²) in [5.74, 6) is 0.959. The number of hydrogen-bond donors (Lipinski definition) is 0. The summed E-state index contributed by atoms with van der Waals surface area (Å²) in [5, 5.41) is 0.580. The third-order valence-electron chi connectivity index (χ3n) is 5.50. The van der Waals surface area contributed by atoms with Crippen LogP contribution in [0.2, 0.25) is 5.02 Å². The number of halogens is 1. The van der Waals surface area contributed by atoms with Gasteiger partial charge in [0.2, 0.25) is 5.91 Å². The first-order chi connectivity index (χ1) is 13.8. The number of anilines is 1. The van der Waals surface area contributed by atoms with Gasteiger partial charge in [-0.15, -0.1) is 11.8 Å². The Hall–Kier alpha value is -1.98. The number of carbonyl (C=O) groups excluding carboxylic acids is 2. The third-order valence-corrected chi connectivity index (χ3v) is 7.16. The summed E-state index contributed by atoms with van der Waals surface area (Å²) in [6, 6.07) is 13.8. The lowest BCUT2D eigenvalue weighted by atomic mass is 10.0.